The summed E-state index contributed by atoms with van der Waals surface area (Å²) in [5, 5.41) is 4.01. The third kappa shape index (κ3) is 7.44. The van der Waals surface area contributed by atoms with Crippen molar-refractivity contribution >= 4 is 42.7 Å². The minimum atomic E-state index is -1.12. The lowest BCUT2D eigenvalue weighted by molar-refractivity contribution is -0.170. The Morgan fingerprint density at radius 1 is 1.16 bits per heavy atom. The Balaban J connectivity index is 1.60. The van der Waals surface area contributed by atoms with E-state index < -0.39 is 53.1 Å². The first-order chi connectivity index (χ1) is 21.2. The molecule has 1 aromatic carbocycles. The van der Waals surface area contributed by atoms with Crippen molar-refractivity contribution in [1.82, 2.24) is 15.2 Å². The maximum Gasteiger partial charge on any atom is 0.408 e. The molecule has 0 aliphatic carbocycles. The molecule has 0 bridgehead atoms. The molecule has 2 aromatic rings. The van der Waals surface area contributed by atoms with E-state index in [-0.39, 0.29) is 24.3 Å². The molecule has 3 heterocycles. The molecule has 0 spiro atoms. The molecule has 1 aromatic heterocycles. The fraction of sp³-hybridized carbons (Fsp3) is 0.600. The van der Waals surface area contributed by atoms with Crippen molar-refractivity contribution in [2.24, 2.45) is 17.8 Å². The highest BCUT2D eigenvalue weighted by Gasteiger charge is 2.55. The molecule has 9 atom stereocenters. The first-order valence-corrected chi connectivity index (χ1v) is 16.0. The van der Waals surface area contributed by atoms with Crippen LogP contribution >= 0.6 is 0 Å². The number of nitrogens with zero attached hydrogens (tertiary/aromatic N) is 2. The van der Waals surface area contributed by atoms with Crippen LogP contribution in [0.4, 0.5) is 4.79 Å². The van der Waals surface area contributed by atoms with Crippen LogP contribution < -0.4 is 5.32 Å². The molecule has 4 rings (SSSR count). The number of ketones is 1. The van der Waals surface area contributed by atoms with Gasteiger partial charge in [0.15, 0.2) is 5.60 Å². The van der Waals surface area contributed by atoms with Gasteiger partial charge in [0.25, 0.3) is 0 Å². The zero-order chi connectivity index (χ0) is 33.1. The van der Waals surface area contributed by atoms with E-state index in [0.717, 1.165) is 16.5 Å². The van der Waals surface area contributed by atoms with Crippen LogP contribution in [0.5, 0.6) is 0 Å². The standard InChI is InChI=1S/C35H48BN3O6/c1-9-28-35(7)31(38-33(42)45-35)24(5)39(8)20-21(2)18-34(6,30(36)22(3)29(40)23(4)32(41)44-28)43-16-12-13-25-17-26-14-10-11-15-27(26)37-19-25/h10-15,17,19,21-24,28,30-31H,9,16,18,20H2,1-8H3,(H,38,42)/b13-12+/t21-,22+,23-,24-,28-,30-,31-,34-,35-/m1/s1. The fourth-order valence-corrected chi connectivity index (χ4v) is 7.05. The molecule has 9 nitrogen and oxygen atoms in total. The lowest BCUT2D eigenvalue weighted by Crippen LogP contribution is -2.60. The van der Waals surface area contributed by atoms with Crippen molar-refractivity contribution in [3.63, 3.8) is 0 Å². The number of amides is 1. The highest BCUT2D eigenvalue weighted by Crippen LogP contribution is 2.40. The van der Waals surface area contributed by atoms with Gasteiger partial charge in [0, 0.05) is 30.1 Å². The Morgan fingerprint density at radius 2 is 1.87 bits per heavy atom. The van der Waals surface area contributed by atoms with Gasteiger partial charge in [-0.1, -0.05) is 51.1 Å². The summed E-state index contributed by atoms with van der Waals surface area (Å²) in [6.07, 6.45) is 5.39. The molecule has 1 amide bonds. The Morgan fingerprint density at radius 3 is 2.58 bits per heavy atom. The maximum atomic E-state index is 13.7. The molecule has 10 heteroatoms. The SMILES string of the molecule is [B][C@@H]1[C@@H](C)C(=O)[C@@H](C)C(=O)O[C@H](CC)[C@@]2(C)OC(=O)N[C@@H]2[C@@H](C)N(C)C[C@H](C)C[C@@]1(C)OC/C=C/c1cnc2ccccc2c1. The van der Waals surface area contributed by atoms with Gasteiger partial charge in [-0.2, -0.15) is 0 Å². The minimum absolute atomic E-state index is 0.108. The number of cyclic esters (lactones) is 1. The second-order valence-corrected chi connectivity index (χ2v) is 13.4. The molecule has 45 heavy (non-hydrogen) atoms. The van der Waals surface area contributed by atoms with Gasteiger partial charge in [-0.3, -0.25) is 14.6 Å². The Kier molecular flexibility index (Phi) is 10.8. The number of ether oxygens (including phenoxy) is 3. The predicted molar refractivity (Wildman–Crippen MR) is 176 cm³/mol. The summed E-state index contributed by atoms with van der Waals surface area (Å²) in [4.78, 5) is 46.3. The number of hydrogen-bond donors (Lipinski definition) is 1. The van der Waals surface area contributed by atoms with Gasteiger partial charge in [0.05, 0.1) is 31.6 Å². The van der Waals surface area contributed by atoms with Crippen LogP contribution in [-0.2, 0) is 23.8 Å². The normalized spacial score (nSPS) is 35.7. The summed E-state index contributed by atoms with van der Waals surface area (Å²) >= 11 is 0. The number of Topliss-reactive ketones (excluding diaryl/α,β-unsaturated/α-hetero) is 1. The number of hydrogen-bond acceptors (Lipinski definition) is 8. The lowest BCUT2D eigenvalue weighted by atomic mass is 9.62. The van der Waals surface area contributed by atoms with E-state index in [1.807, 2.05) is 70.4 Å². The van der Waals surface area contributed by atoms with Crippen molar-refractivity contribution in [2.45, 2.75) is 96.5 Å². The minimum Gasteiger partial charge on any atom is -0.458 e. The molecule has 0 unspecified atom stereocenters. The van der Waals surface area contributed by atoms with E-state index in [1.165, 1.54) is 0 Å². The zero-order valence-corrected chi connectivity index (χ0v) is 27.9. The van der Waals surface area contributed by atoms with E-state index in [0.29, 0.717) is 19.4 Å². The molecule has 1 N–H and O–H groups in total. The largest absolute Gasteiger partial charge is 0.458 e. The van der Waals surface area contributed by atoms with E-state index in [4.69, 9.17) is 22.1 Å². The van der Waals surface area contributed by atoms with Crippen molar-refractivity contribution in [2.75, 3.05) is 20.2 Å². The molecule has 2 fully saturated rings. The monoisotopic (exact) mass is 617 g/mol. The van der Waals surface area contributed by atoms with E-state index in [9.17, 15) is 14.4 Å². The van der Waals surface area contributed by atoms with Crippen molar-refractivity contribution < 1.29 is 28.6 Å². The molecular formula is C35H48BN3O6. The summed E-state index contributed by atoms with van der Waals surface area (Å²) in [5.41, 5.74) is -0.121. The van der Waals surface area contributed by atoms with E-state index in [2.05, 4.69) is 28.2 Å². The Bertz CT molecular complexity index is 1420. The Hall–Kier alpha value is -3.24. The van der Waals surface area contributed by atoms with Crippen molar-refractivity contribution in [3.8, 4) is 0 Å². The maximum absolute atomic E-state index is 13.7. The predicted octanol–water partition coefficient (Wildman–Crippen LogP) is 5.37. The van der Waals surface area contributed by atoms with E-state index in [1.54, 1.807) is 20.8 Å². The molecule has 0 saturated carbocycles. The van der Waals surface area contributed by atoms with Crippen LogP contribution in [0.15, 0.2) is 42.6 Å². The number of esters is 1. The average Bonchev–Trinajstić information content (AvgIpc) is 3.33. The van der Waals surface area contributed by atoms with Crippen LogP contribution in [-0.4, -0.2) is 85.2 Å². The van der Waals surface area contributed by atoms with Crippen LogP contribution in [0.1, 0.15) is 66.9 Å². The molecule has 2 saturated heterocycles. The second kappa shape index (κ2) is 14.0. The van der Waals surface area contributed by atoms with Crippen LogP contribution in [0.25, 0.3) is 17.0 Å². The third-order valence-corrected chi connectivity index (χ3v) is 9.91. The molecule has 2 aliphatic rings. The number of carbonyl (C=O) groups is 3. The van der Waals surface area contributed by atoms with Crippen LogP contribution in [0.3, 0.4) is 0 Å². The smallest absolute Gasteiger partial charge is 0.408 e. The zero-order valence-electron chi connectivity index (χ0n) is 27.9. The first kappa shape index (κ1) is 34.6. The van der Waals surface area contributed by atoms with Gasteiger partial charge in [-0.25, -0.2) is 4.79 Å². The number of carbonyl (C=O) groups excluding carboxylic acids is 3. The molecule has 2 aliphatic heterocycles. The summed E-state index contributed by atoms with van der Waals surface area (Å²) in [6.45, 7) is 14.0. The number of nitrogens with one attached hydrogen (secondary N) is 1. The van der Waals surface area contributed by atoms with Gasteiger partial charge in [0.2, 0.25) is 0 Å². The summed E-state index contributed by atoms with van der Waals surface area (Å²) in [6, 6.07) is 9.42. The first-order valence-electron chi connectivity index (χ1n) is 16.0. The second-order valence-electron chi connectivity index (χ2n) is 13.4. The number of alkyl carbamates (subject to hydrolysis) is 1. The number of rotatable bonds is 5. The quantitative estimate of drug-likeness (QED) is 0.271. The molecule has 2 radical (unpaired) electrons. The highest BCUT2D eigenvalue weighted by atomic mass is 16.6. The van der Waals surface area contributed by atoms with Gasteiger partial charge in [-0.15, -0.1) is 0 Å². The number of aromatic nitrogens is 1. The number of pyridine rings is 1. The summed E-state index contributed by atoms with van der Waals surface area (Å²) < 4.78 is 18.2. The van der Waals surface area contributed by atoms with E-state index >= 15 is 0 Å². The van der Waals surface area contributed by atoms with Gasteiger partial charge in [0.1, 0.15) is 17.8 Å². The van der Waals surface area contributed by atoms with Gasteiger partial charge in [-0.05, 0) is 77.0 Å². The molecule has 242 valence electrons. The number of fused-ring (bicyclic) bond motifs is 2. The summed E-state index contributed by atoms with van der Waals surface area (Å²) in [5.74, 6) is -3.29. The third-order valence-electron chi connectivity index (χ3n) is 9.91. The van der Waals surface area contributed by atoms with Gasteiger partial charge < -0.3 is 24.4 Å². The average molecular weight is 618 g/mol. The van der Waals surface area contributed by atoms with Crippen LogP contribution in [0.2, 0.25) is 5.82 Å². The van der Waals surface area contributed by atoms with Gasteiger partial charge >= 0.3 is 12.1 Å². The lowest BCUT2D eigenvalue weighted by Gasteiger charge is -2.42. The van der Waals surface area contributed by atoms with Crippen LogP contribution in [0, 0.1) is 17.8 Å². The number of benzene rings is 1. The van der Waals surface area contributed by atoms with Crippen molar-refractivity contribution in [1.29, 1.82) is 0 Å². The highest BCUT2D eigenvalue weighted by molar-refractivity contribution is 6.15. The Labute approximate surface area is 268 Å². The fourth-order valence-electron chi connectivity index (χ4n) is 7.05. The molecular weight excluding hydrogens is 569 g/mol. The summed E-state index contributed by atoms with van der Waals surface area (Å²) in [7, 11) is 8.87. The topological polar surface area (TPSA) is 107 Å². The number of para-hydroxylation sites is 1. The van der Waals surface area contributed by atoms with Crippen molar-refractivity contribution in [3.05, 3.63) is 48.2 Å². The number of likely N-dealkylation sites (N-methyl/N-ethyl adjacent to an activating group) is 1.